The summed E-state index contributed by atoms with van der Waals surface area (Å²) in [6, 6.07) is 0. The topological polar surface area (TPSA) is 57.5 Å². The van der Waals surface area contributed by atoms with Crippen molar-refractivity contribution in [2.24, 2.45) is 5.92 Å². The number of hydrogen-bond acceptors (Lipinski definition) is 1. The van der Waals surface area contributed by atoms with E-state index >= 15 is 0 Å². The minimum Gasteiger partial charge on any atom is -0.324 e. The van der Waals surface area contributed by atoms with Crippen molar-refractivity contribution in [1.82, 2.24) is 0 Å². The van der Waals surface area contributed by atoms with Crippen LogP contribution >= 0.6 is 7.60 Å². The van der Waals surface area contributed by atoms with Crippen molar-refractivity contribution in [2.45, 2.75) is 26.4 Å². The van der Waals surface area contributed by atoms with Gasteiger partial charge in [-0.05, 0) is 5.92 Å². The van der Waals surface area contributed by atoms with Gasteiger partial charge in [-0.25, -0.2) is 0 Å². The molecule has 0 amide bonds. The fourth-order valence-electron chi connectivity index (χ4n) is 0.388. The lowest BCUT2D eigenvalue weighted by atomic mass is 10.2. The molecule has 1 atom stereocenters. The van der Waals surface area contributed by atoms with Gasteiger partial charge in [0.2, 0.25) is 0 Å². The Hall–Kier alpha value is 0.150. The SMILES string of the molecule is CC(C)C(C)P(=O)(O)O. The summed E-state index contributed by atoms with van der Waals surface area (Å²) < 4.78 is 10.5. The highest BCUT2D eigenvalue weighted by molar-refractivity contribution is 7.52. The molecule has 0 aromatic carbocycles. The molecule has 0 radical (unpaired) electrons. The molecule has 0 bridgehead atoms. The van der Waals surface area contributed by atoms with Crippen molar-refractivity contribution in [3.8, 4) is 0 Å². The van der Waals surface area contributed by atoms with Gasteiger partial charge in [-0.1, -0.05) is 20.8 Å². The average molecular weight is 152 g/mol. The van der Waals surface area contributed by atoms with Crippen molar-refractivity contribution in [3.63, 3.8) is 0 Å². The van der Waals surface area contributed by atoms with Crippen molar-refractivity contribution in [3.05, 3.63) is 0 Å². The van der Waals surface area contributed by atoms with Crippen LogP contribution in [0.15, 0.2) is 0 Å². The van der Waals surface area contributed by atoms with Crippen molar-refractivity contribution in [1.29, 1.82) is 0 Å². The molecule has 0 rings (SSSR count). The Morgan fingerprint density at radius 1 is 1.22 bits per heavy atom. The van der Waals surface area contributed by atoms with Crippen LogP contribution < -0.4 is 0 Å². The van der Waals surface area contributed by atoms with E-state index in [0.717, 1.165) is 0 Å². The zero-order chi connectivity index (χ0) is 7.65. The first-order valence-corrected chi connectivity index (χ1v) is 4.59. The Balaban J connectivity index is 4.05. The highest BCUT2D eigenvalue weighted by atomic mass is 31.2. The Labute approximate surface area is 55.3 Å². The normalized spacial score (nSPS) is 16.2. The smallest absolute Gasteiger partial charge is 0.324 e. The lowest BCUT2D eigenvalue weighted by molar-refractivity contribution is 0.347. The Bertz CT molecular complexity index is 126. The lowest BCUT2D eigenvalue weighted by Crippen LogP contribution is -2.10. The molecule has 0 heterocycles. The summed E-state index contributed by atoms with van der Waals surface area (Å²) in [5, 5.41) is 0. The largest absolute Gasteiger partial charge is 0.328 e. The highest BCUT2D eigenvalue weighted by Gasteiger charge is 2.26. The van der Waals surface area contributed by atoms with Crippen LogP contribution in [0.2, 0.25) is 0 Å². The first-order chi connectivity index (χ1) is 3.85. The van der Waals surface area contributed by atoms with Crippen LogP contribution in [0.25, 0.3) is 0 Å². The van der Waals surface area contributed by atoms with Crippen LogP contribution in [0, 0.1) is 5.92 Å². The van der Waals surface area contributed by atoms with Gasteiger partial charge < -0.3 is 9.79 Å². The molecular formula is C5H13O3P. The molecule has 3 nitrogen and oxygen atoms in total. The fraction of sp³-hybridized carbons (Fsp3) is 1.00. The van der Waals surface area contributed by atoms with Crippen LogP contribution in [-0.2, 0) is 4.57 Å². The maximum Gasteiger partial charge on any atom is 0.328 e. The average Bonchev–Trinajstić information content (AvgIpc) is 1.62. The molecule has 0 aliphatic carbocycles. The van der Waals surface area contributed by atoms with E-state index in [0.29, 0.717) is 0 Å². The maximum absolute atomic E-state index is 10.5. The summed E-state index contributed by atoms with van der Waals surface area (Å²) >= 11 is 0. The molecule has 0 fully saturated rings. The summed E-state index contributed by atoms with van der Waals surface area (Å²) in [6.07, 6.45) is 0. The Morgan fingerprint density at radius 3 is 1.56 bits per heavy atom. The molecule has 0 aliphatic rings. The summed E-state index contributed by atoms with van der Waals surface area (Å²) in [4.78, 5) is 17.1. The van der Waals surface area contributed by atoms with Crippen molar-refractivity contribution < 1.29 is 14.4 Å². The third-order valence-electron chi connectivity index (χ3n) is 1.50. The molecule has 1 unspecified atom stereocenters. The third kappa shape index (κ3) is 2.99. The van der Waals surface area contributed by atoms with Crippen LogP contribution in [-0.4, -0.2) is 15.4 Å². The van der Waals surface area contributed by atoms with Gasteiger partial charge in [0.15, 0.2) is 0 Å². The van der Waals surface area contributed by atoms with Gasteiger partial charge in [0, 0.05) is 0 Å². The molecule has 0 saturated carbocycles. The standard InChI is InChI=1S/C5H13O3P/c1-4(2)5(3)9(6,7)8/h4-5H,1-3H3,(H2,6,7,8). The second kappa shape index (κ2) is 2.82. The van der Waals surface area contributed by atoms with E-state index in [1.807, 2.05) is 0 Å². The van der Waals surface area contributed by atoms with Gasteiger partial charge in [-0.15, -0.1) is 0 Å². The summed E-state index contributed by atoms with van der Waals surface area (Å²) in [6.45, 7) is 5.15. The maximum atomic E-state index is 10.5. The summed E-state index contributed by atoms with van der Waals surface area (Å²) in [7, 11) is -3.81. The van der Waals surface area contributed by atoms with Crippen LogP contribution in [0.4, 0.5) is 0 Å². The molecule has 0 aromatic rings. The van der Waals surface area contributed by atoms with Crippen LogP contribution in [0.5, 0.6) is 0 Å². The Morgan fingerprint density at radius 2 is 1.56 bits per heavy atom. The minimum absolute atomic E-state index is 0.0471. The van der Waals surface area contributed by atoms with Crippen LogP contribution in [0.3, 0.4) is 0 Å². The third-order valence-corrected chi connectivity index (χ3v) is 3.15. The number of hydrogen-bond donors (Lipinski definition) is 2. The van der Waals surface area contributed by atoms with Crippen molar-refractivity contribution in [2.75, 3.05) is 0 Å². The lowest BCUT2D eigenvalue weighted by Gasteiger charge is -2.15. The summed E-state index contributed by atoms with van der Waals surface area (Å²) in [5.74, 6) is 0.0471. The monoisotopic (exact) mass is 152 g/mol. The van der Waals surface area contributed by atoms with E-state index in [1.165, 1.54) is 0 Å². The predicted octanol–water partition coefficient (Wildman–Crippen LogP) is 1.21. The summed E-state index contributed by atoms with van der Waals surface area (Å²) in [5.41, 5.74) is -0.516. The first kappa shape index (κ1) is 9.15. The number of rotatable bonds is 2. The molecule has 56 valence electrons. The molecule has 9 heavy (non-hydrogen) atoms. The van der Waals surface area contributed by atoms with Gasteiger partial charge in [0.05, 0.1) is 5.66 Å². The molecule has 0 aromatic heterocycles. The molecule has 2 N–H and O–H groups in total. The highest BCUT2D eigenvalue weighted by Crippen LogP contribution is 2.44. The predicted molar refractivity (Wildman–Crippen MR) is 36.3 cm³/mol. The van der Waals surface area contributed by atoms with Crippen molar-refractivity contribution >= 4 is 7.60 Å². The van der Waals surface area contributed by atoms with Gasteiger partial charge in [-0.2, -0.15) is 0 Å². The molecule has 0 saturated heterocycles. The fourth-order valence-corrected chi connectivity index (χ4v) is 1.17. The van der Waals surface area contributed by atoms with Crippen LogP contribution in [0.1, 0.15) is 20.8 Å². The van der Waals surface area contributed by atoms with E-state index in [-0.39, 0.29) is 5.92 Å². The van der Waals surface area contributed by atoms with Gasteiger partial charge >= 0.3 is 7.60 Å². The van der Waals surface area contributed by atoms with E-state index < -0.39 is 13.3 Å². The van der Waals surface area contributed by atoms with E-state index in [4.69, 9.17) is 9.79 Å². The second-order valence-electron chi connectivity index (χ2n) is 2.57. The Kier molecular flexibility index (Phi) is 2.87. The molecule has 4 heteroatoms. The van der Waals surface area contributed by atoms with Gasteiger partial charge in [0.1, 0.15) is 0 Å². The quantitative estimate of drug-likeness (QED) is 0.584. The molecular weight excluding hydrogens is 139 g/mol. The molecule has 0 spiro atoms. The van der Waals surface area contributed by atoms with Gasteiger partial charge in [0.25, 0.3) is 0 Å². The van der Waals surface area contributed by atoms with E-state index in [2.05, 4.69) is 0 Å². The minimum atomic E-state index is -3.81. The second-order valence-corrected chi connectivity index (χ2v) is 4.57. The van der Waals surface area contributed by atoms with Gasteiger partial charge in [-0.3, -0.25) is 4.57 Å². The molecule has 0 aliphatic heterocycles. The zero-order valence-corrected chi connectivity index (χ0v) is 6.80. The first-order valence-electron chi connectivity index (χ1n) is 2.91. The van der Waals surface area contributed by atoms with E-state index in [1.54, 1.807) is 20.8 Å². The zero-order valence-electron chi connectivity index (χ0n) is 5.90. The van der Waals surface area contributed by atoms with E-state index in [9.17, 15) is 4.57 Å².